The summed E-state index contributed by atoms with van der Waals surface area (Å²) in [6, 6.07) is 0. The second kappa shape index (κ2) is 4.57. The number of rotatable bonds is 4. The lowest BCUT2D eigenvalue weighted by molar-refractivity contribution is 0.0572. The Labute approximate surface area is 84.3 Å². The van der Waals surface area contributed by atoms with Crippen molar-refractivity contribution >= 4 is 9.84 Å². The molecule has 0 aromatic carbocycles. The third-order valence-corrected chi connectivity index (χ3v) is 3.35. The number of aliphatic hydroxyl groups excluding tert-OH is 2. The van der Waals surface area contributed by atoms with Crippen molar-refractivity contribution in [3.8, 4) is 0 Å². The number of β-amino-alcohol motifs (C(OH)–C–C–N with tert-alkyl or cyclic N) is 2. The van der Waals surface area contributed by atoms with Crippen LogP contribution in [-0.4, -0.2) is 67.4 Å². The summed E-state index contributed by atoms with van der Waals surface area (Å²) in [5.41, 5.74) is 0. The van der Waals surface area contributed by atoms with Crippen molar-refractivity contribution in [2.24, 2.45) is 0 Å². The van der Waals surface area contributed by atoms with Gasteiger partial charge >= 0.3 is 0 Å². The van der Waals surface area contributed by atoms with E-state index < -0.39 is 22.0 Å². The molecule has 0 amide bonds. The molecule has 84 valence electrons. The van der Waals surface area contributed by atoms with Gasteiger partial charge in [-0.05, 0) is 13.0 Å². The summed E-state index contributed by atoms with van der Waals surface area (Å²) < 4.78 is 21.6. The van der Waals surface area contributed by atoms with Gasteiger partial charge in [0.1, 0.15) is 9.84 Å². The standard InChI is InChI=1S/C8H17NO4S/c1-14(12,13)4-2-3-9-5-7(10)8(11)6-9/h7-8,10-11H,2-6H2,1H3. The molecule has 1 fully saturated rings. The molecule has 14 heavy (non-hydrogen) atoms. The van der Waals surface area contributed by atoms with Gasteiger partial charge in [0.2, 0.25) is 0 Å². The van der Waals surface area contributed by atoms with Gasteiger partial charge in [0.05, 0.1) is 18.0 Å². The lowest BCUT2D eigenvalue weighted by Crippen LogP contribution is -2.24. The van der Waals surface area contributed by atoms with E-state index in [1.165, 1.54) is 6.26 Å². The Morgan fingerprint density at radius 3 is 2.21 bits per heavy atom. The molecule has 5 nitrogen and oxygen atoms in total. The lowest BCUT2D eigenvalue weighted by atomic mass is 10.3. The molecule has 1 heterocycles. The normalized spacial score (nSPS) is 29.6. The van der Waals surface area contributed by atoms with Crippen LogP contribution in [0.4, 0.5) is 0 Å². The van der Waals surface area contributed by atoms with Crippen molar-refractivity contribution in [3.05, 3.63) is 0 Å². The van der Waals surface area contributed by atoms with Crippen LogP contribution in [0.2, 0.25) is 0 Å². The van der Waals surface area contributed by atoms with Crippen molar-refractivity contribution in [1.82, 2.24) is 4.90 Å². The van der Waals surface area contributed by atoms with E-state index >= 15 is 0 Å². The molecular weight excluding hydrogens is 206 g/mol. The van der Waals surface area contributed by atoms with Gasteiger partial charge in [0.25, 0.3) is 0 Å². The molecule has 6 heteroatoms. The van der Waals surface area contributed by atoms with Crippen molar-refractivity contribution in [3.63, 3.8) is 0 Å². The first-order valence-corrected chi connectivity index (χ1v) is 6.71. The smallest absolute Gasteiger partial charge is 0.147 e. The molecule has 0 aromatic heterocycles. The zero-order valence-corrected chi connectivity index (χ0v) is 9.07. The fourth-order valence-corrected chi connectivity index (χ4v) is 2.23. The highest BCUT2D eigenvalue weighted by atomic mass is 32.2. The molecular formula is C8H17NO4S. The Balaban J connectivity index is 2.21. The van der Waals surface area contributed by atoms with Gasteiger partial charge in [-0.15, -0.1) is 0 Å². The molecule has 1 aliphatic rings. The maximum atomic E-state index is 10.8. The molecule has 2 N–H and O–H groups in total. The van der Waals surface area contributed by atoms with E-state index in [9.17, 15) is 18.6 Å². The maximum Gasteiger partial charge on any atom is 0.147 e. The number of nitrogens with zero attached hydrogens (tertiary/aromatic N) is 1. The highest BCUT2D eigenvalue weighted by Gasteiger charge is 2.28. The average molecular weight is 223 g/mol. The van der Waals surface area contributed by atoms with Gasteiger partial charge in [-0.25, -0.2) is 8.42 Å². The predicted molar refractivity (Wildman–Crippen MR) is 52.8 cm³/mol. The van der Waals surface area contributed by atoms with E-state index in [0.29, 0.717) is 26.1 Å². The molecule has 1 rings (SSSR count). The molecule has 0 radical (unpaired) electrons. The first-order chi connectivity index (χ1) is 6.38. The van der Waals surface area contributed by atoms with Gasteiger partial charge in [-0.3, -0.25) is 4.90 Å². The first kappa shape index (κ1) is 11.9. The fourth-order valence-electron chi connectivity index (χ4n) is 1.58. The molecule has 2 unspecified atom stereocenters. The molecule has 0 spiro atoms. The van der Waals surface area contributed by atoms with E-state index in [2.05, 4.69) is 0 Å². The number of hydrogen-bond donors (Lipinski definition) is 2. The molecule has 1 aliphatic heterocycles. The Morgan fingerprint density at radius 2 is 1.79 bits per heavy atom. The topological polar surface area (TPSA) is 77.8 Å². The average Bonchev–Trinajstić information content (AvgIpc) is 2.28. The van der Waals surface area contributed by atoms with Gasteiger partial charge in [0.15, 0.2) is 0 Å². The summed E-state index contributed by atoms with van der Waals surface area (Å²) in [4.78, 5) is 1.88. The minimum atomic E-state index is -2.89. The summed E-state index contributed by atoms with van der Waals surface area (Å²) >= 11 is 0. The van der Waals surface area contributed by atoms with Crippen LogP contribution in [0.25, 0.3) is 0 Å². The minimum Gasteiger partial charge on any atom is -0.389 e. The summed E-state index contributed by atoms with van der Waals surface area (Å²) in [7, 11) is -2.89. The van der Waals surface area contributed by atoms with E-state index in [1.807, 2.05) is 4.90 Å². The highest BCUT2D eigenvalue weighted by molar-refractivity contribution is 7.90. The molecule has 0 aromatic rings. The molecule has 0 bridgehead atoms. The Hall–Kier alpha value is -0.170. The van der Waals surface area contributed by atoms with Crippen LogP contribution in [0, 0.1) is 0 Å². The van der Waals surface area contributed by atoms with Crippen LogP contribution in [0.5, 0.6) is 0 Å². The third kappa shape index (κ3) is 3.91. The van der Waals surface area contributed by atoms with Crippen LogP contribution in [0.1, 0.15) is 6.42 Å². The van der Waals surface area contributed by atoms with Crippen LogP contribution < -0.4 is 0 Å². The number of hydrogen-bond acceptors (Lipinski definition) is 5. The number of aliphatic hydroxyl groups is 2. The van der Waals surface area contributed by atoms with Gasteiger partial charge in [-0.2, -0.15) is 0 Å². The van der Waals surface area contributed by atoms with Crippen LogP contribution >= 0.6 is 0 Å². The van der Waals surface area contributed by atoms with Crippen molar-refractivity contribution < 1.29 is 18.6 Å². The Morgan fingerprint density at radius 1 is 1.29 bits per heavy atom. The van der Waals surface area contributed by atoms with E-state index in [4.69, 9.17) is 0 Å². The second-order valence-corrected chi connectivity index (χ2v) is 6.14. The first-order valence-electron chi connectivity index (χ1n) is 4.65. The zero-order chi connectivity index (χ0) is 10.8. The lowest BCUT2D eigenvalue weighted by Gasteiger charge is -2.13. The maximum absolute atomic E-state index is 10.8. The molecule has 0 saturated carbocycles. The second-order valence-electron chi connectivity index (χ2n) is 3.88. The van der Waals surface area contributed by atoms with Gasteiger partial charge in [-0.1, -0.05) is 0 Å². The van der Waals surface area contributed by atoms with Crippen LogP contribution in [0.3, 0.4) is 0 Å². The predicted octanol–water partition coefficient (Wildman–Crippen LogP) is -1.54. The molecule has 0 aliphatic carbocycles. The molecule has 2 atom stereocenters. The van der Waals surface area contributed by atoms with E-state index in [0.717, 1.165) is 0 Å². The number of likely N-dealkylation sites (tertiary alicyclic amines) is 1. The minimum absolute atomic E-state index is 0.162. The Kier molecular flexibility index (Phi) is 3.88. The van der Waals surface area contributed by atoms with E-state index in [1.54, 1.807) is 0 Å². The van der Waals surface area contributed by atoms with Crippen molar-refractivity contribution in [1.29, 1.82) is 0 Å². The van der Waals surface area contributed by atoms with Gasteiger partial charge < -0.3 is 10.2 Å². The third-order valence-electron chi connectivity index (χ3n) is 2.32. The largest absolute Gasteiger partial charge is 0.389 e. The van der Waals surface area contributed by atoms with Crippen LogP contribution in [-0.2, 0) is 9.84 Å². The monoisotopic (exact) mass is 223 g/mol. The Bertz CT molecular complexity index is 267. The van der Waals surface area contributed by atoms with Crippen molar-refractivity contribution in [2.45, 2.75) is 18.6 Å². The summed E-state index contributed by atoms with van der Waals surface area (Å²) in [6.45, 7) is 1.48. The van der Waals surface area contributed by atoms with E-state index in [-0.39, 0.29) is 5.75 Å². The SMILES string of the molecule is CS(=O)(=O)CCCN1CC(O)C(O)C1. The number of sulfone groups is 1. The quantitative estimate of drug-likeness (QED) is 0.604. The fraction of sp³-hybridized carbons (Fsp3) is 1.00. The molecule has 1 saturated heterocycles. The highest BCUT2D eigenvalue weighted by Crippen LogP contribution is 2.10. The summed E-state index contributed by atoms with van der Waals surface area (Å²) in [5.74, 6) is 0.162. The van der Waals surface area contributed by atoms with Gasteiger partial charge in [0, 0.05) is 19.3 Å². The summed E-state index contributed by atoms with van der Waals surface area (Å²) in [6.07, 6.45) is 0.389. The van der Waals surface area contributed by atoms with Crippen molar-refractivity contribution in [2.75, 3.05) is 31.6 Å². The zero-order valence-electron chi connectivity index (χ0n) is 8.26. The summed E-state index contributed by atoms with van der Waals surface area (Å²) in [5, 5.41) is 18.4. The van der Waals surface area contributed by atoms with Crippen LogP contribution in [0.15, 0.2) is 0 Å².